The molecule has 124 valence electrons. The zero-order valence-electron chi connectivity index (χ0n) is 13.6. The van der Waals surface area contributed by atoms with Crippen molar-refractivity contribution < 1.29 is 19.4 Å². The third kappa shape index (κ3) is 2.80. The highest BCUT2D eigenvalue weighted by atomic mass is 16.5. The van der Waals surface area contributed by atoms with Crippen molar-refractivity contribution in [3.8, 4) is 5.75 Å². The Bertz CT molecular complexity index is 738. The van der Waals surface area contributed by atoms with Crippen LogP contribution in [0.25, 0.3) is 10.9 Å². The van der Waals surface area contributed by atoms with Gasteiger partial charge in [0.05, 0.1) is 31.4 Å². The third-order valence-corrected chi connectivity index (χ3v) is 4.56. The van der Waals surface area contributed by atoms with Crippen LogP contribution in [0.1, 0.15) is 22.5 Å². The van der Waals surface area contributed by atoms with E-state index in [1.807, 2.05) is 36.7 Å². The maximum atomic E-state index is 12.8. The van der Waals surface area contributed by atoms with Gasteiger partial charge in [0.2, 0.25) is 0 Å². The molecule has 0 aliphatic carbocycles. The predicted molar refractivity (Wildman–Crippen MR) is 86.9 cm³/mol. The molecule has 1 aliphatic rings. The number of methoxy groups -OCH3 is 1. The van der Waals surface area contributed by atoms with Crippen molar-refractivity contribution >= 4 is 16.8 Å². The standard InChI is InChI=1S/C17H22N2O4/c1-10-16(17(21)18-13-9-23-7-6-15(13)20)12-8-11(22-3)4-5-14(12)19(10)2/h4-5,8,13,15,20H,6-7,9H2,1-3H3,(H,18,21). The van der Waals surface area contributed by atoms with Crippen LogP contribution in [0.3, 0.4) is 0 Å². The van der Waals surface area contributed by atoms with Gasteiger partial charge in [0.25, 0.3) is 5.91 Å². The number of aryl methyl sites for hydroxylation is 1. The fourth-order valence-electron chi connectivity index (χ4n) is 3.07. The van der Waals surface area contributed by atoms with Crippen molar-refractivity contribution in [1.29, 1.82) is 0 Å². The molecule has 2 atom stereocenters. The fourth-order valence-corrected chi connectivity index (χ4v) is 3.07. The Balaban J connectivity index is 1.97. The van der Waals surface area contributed by atoms with Crippen molar-refractivity contribution in [3.63, 3.8) is 0 Å². The second-order valence-corrected chi connectivity index (χ2v) is 5.91. The van der Waals surface area contributed by atoms with E-state index >= 15 is 0 Å². The Morgan fingerprint density at radius 2 is 2.26 bits per heavy atom. The molecule has 2 N–H and O–H groups in total. The maximum absolute atomic E-state index is 12.8. The van der Waals surface area contributed by atoms with E-state index < -0.39 is 6.10 Å². The van der Waals surface area contributed by atoms with E-state index in [-0.39, 0.29) is 11.9 Å². The number of nitrogens with one attached hydrogen (secondary N) is 1. The summed E-state index contributed by atoms with van der Waals surface area (Å²) in [6, 6.07) is 5.31. The van der Waals surface area contributed by atoms with Crippen LogP contribution in [-0.2, 0) is 11.8 Å². The van der Waals surface area contributed by atoms with Gasteiger partial charge >= 0.3 is 0 Å². The van der Waals surface area contributed by atoms with Gasteiger partial charge < -0.3 is 24.5 Å². The van der Waals surface area contributed by atoms with Crippen molar-refractivity contribution in [1.82, 2.24) is 9.88 Å². The molecule has 0 saturated carbocycles. The average molecular weight is 318 g/mol. The van der Waals surface area contributed by atoms with Crippen LogP contribution in [0.5, 0.6) is 5.75 Å². The highest BCUT2D eigenvalue weighted by Gasteiger charge is 2.27. The second-order valence-electron chi connectivity index (χ2n) is 5.91. The van der Waals surface area contributed by atoms with E-state index in [4.69, 9.17) is 9.47 Å². The van der Waals surface area contributed by atoms with Gasteiger partial charge in [-0.1, -0.05) is 0 Å². The summed E-state index contributed by atoms with van der Waals surface area (Å²) in [5.74, 6) is 0.508. The lowest BCUT2D eigenvalue weighted by molar-refractivity contribution is -0.0139. The zero-order valence-corrected chi connectivity index (χ0v) is 13.6. The lowest BCUT2D eigenvalue weighted by Gasteiger charge is -2.28. The molecule has 1 aromatic heterocycles. The summed E-state index contributed by atoms with van der Waals surface area (Å²) >= 11 is 0. The zero-order chi connectivity index (χ0) is 16.6. The average Bonchev–Trinajstić information content (AvgIpc) is 2.80. The van der Waals surface area contributed by atoms with Crippen molar-refractivity contribution in [2.45, 2.75) is 25.5 Å². The minimum absolute atomic E-state index is 0.198. The Morgan fingerprint density at radius 3 is 2.96 bits per heavy atom. The number of benzene rings is 1. The van der Waals surface area contributed by atoms with Gasteiger partial charge in [-0.3, -0.25) is 4.79 Å². The normalized spacial score (nSPS) is 21.4. The first-order valence-corrected chi connectivity index (χ1v) is 7.72. The number of aromatic nitrogens is 1. The number of nitrogens with zero attached hydrogens (tertiary/aromatic N) is 1. The number of carbonyl (C=O) groups excluding carboxylic acids is 1. The molecule has 1 aromatic carbocycles. The SMILES string of the molecule is COc1ccc2c(c1)c(C(=O)NC1COCCC1O)c(C)n2C. The van der Waals surface area contributed by atoms with Gasteiger partial charge in [-0.25, -0.2) is 0 Å². The van der Waals surface area contributed by atoms with E-state index in [0.29, 0.717) is 30.9 Å². The molecule has 0 radical (unpaired) electrons. The minimum Gasteiger partial charge on any atom is -0.497 e. The summed E-state index contributed by atoms with van der Waals surface area (Å²) in [4.78, 5) is 12.8. The summed E-state index contributed by atoms with van der Waals surface area (Å²) in [5.41, 5.74) is 2.45. The number of hydrogen-bond acceptors (Lipinski definition) is 4. The summed E-state index contributed by atoms with van der Waals surface area (Å²) in [7, 11) is 3.53. The molecular formula is C17H22N2O4. The molecule has 0 spiro atoms. The Hall–Kier alpha value is -2.05. The van der Waals surface area contributed by atoms with E-state index in [1.54, 1.807) is 7.11 Å². The summed E-state index contributed by atoms with van der Waals surface area (Å²) in [6.07, 6.45) is -0.0367. The number of ether oxygens (including phenoxy) is 2. The molecule has 0 bridgehead atoms. The van der Waals surface area contributed by atoms with Crippen LogP contribution in [0, 0.1) is 6.92 Å². The number of carbonyl (C=O) groups is 1. The van der Waals surface area contributed by atoms with Crippen LogP contribution in [0.2, 0.25) is 0 Å². The van der Waals surface area contributed by atoms with Gasteiger partial charge in [-0.15, -0.1) is 0 Å². The monoisotopic (exact) mass is 318 g/mol. The van der Waals surface area contributed by atoms with Gasteiger partial charge in [0, 0.05) is 30.3 Å². The van der Waals surface area contributed by atoms with Crippen LogP contribution in [-0.4, -0.2) is 48.1 Å². The third-order valence-electron chi connectivity index (χ3n) is 4.56. The predicted octanol–water partition coefficient (Wildman–Crippen LogP) is 1.37. The first-order chi connectivity index (χ1) is 11.0. The Morgan fingerprint density at radius 1 is 1.48 bits per heavy atom. The Labute approximate surface area is 135 Å². The lowest BCUT2D eigenvalue weighted by atomic mass is 10.1. The van der Waals surface area contributed by atoms with E-state index in [9.17, 15) is 9.90 Å². The molecule has 1 aliphatic heterocycles. The first kappa shape index (κ1) is 15.8. The quantitative estimate of drug-likeness (QED) is 0.897. The number of aliphatic hydroxyl groups excluding tert-OH is 1. The minimum atomic E-state index is -0.572. The molecule has 3 rings (SSSR count). The molecule has 1 saturated heterocycles. The van der Waals surface area contributed by atoms with Gasteiger partial charge in [-0.2, -0.15) is 0 Å². The molecule has 2 aromatic rings. The Kier molecular flexibility index (Phi) is 4.28. The lowest BCUT2D eigenvalue weighted by Crippen LogP contribution is -2.49. The smallest absolute Gasteiger partial charge is 0.254 e. The maximum Gasteiger partial charge on any atom is 0.254 e. The van der Waals surface area contributed by atoms with E-state index in [2.05, 4.69) is 5.32 Å². The topological polar surface area (TPSA) is 72.7 Å². The number of rotatable bonds is 3. The first-order valence-electron chi connectivity index (χ1n) is 7.72. The largest absolute Gasteiger partial charge is 0.497 e. The molecule has 6 heteroatoms. The highest BCUT2D eigenvalue weighted by molar-refractivity contribution is 6.08. The van der Waals surface area contributed by atoms with Gasteiger partial charge in [0.15, 0.2) is 0 Å². The molecule has 23 heavy (non-hydrogen) atoms. The molecule has 1 amide bonds. The van der Waals surface area contributed by atoms with Crippen LogP contribution >= 0.6 is 0 Å². The van der Waals surface area contributed by atoms with E-state index in [0.717, 1.165) is 16.6 Å². The van der Waals surface area contributed by atoms with Crippen LogP contribution in [0.4, 0.5) is 0 Å². The van der Waals surface area contributed by atoms with Crippen LogP contribution < -0.4 is 10.1 Å². The summed E-state index contributed by atoms with van der Waals surface area (Å²) in [6.45, 7) is 2.77. The number of aliphatic hydroxyl groups is 1. The number of hydrogen-bond donors (Lipinski definition) is 2. The van der Waals surface area contributed by atoms with Gasteiger partial charge in [-0.05, 0) is 31.5 Å². The molecule has 6 nitrogen and oxygen atoms in total. The second kappa shape index (κ2) is 6.22. The van der Waals surface area contributed by atoms with Crippen molar-refractivity contribution in [3.05, 3.63) is 29.5 Å². The molecule has 2 heterocycles. The molecule has 1 fully saturated rings. The van der Waals surface area contributed by atoms with Crippen molar-refractivity contribution in [2.24, 2.45) is 7.05 Å². The highest BCUT2D eigenvalue weighted by Crippen LogP contribution is 2.28. The summed E-state index contributed by atoms with van der Waals surface area (Å²) < 4.78 is 12.6. The molecule has 2 unspecified atom stereocenters. The van der Waals surface area contributed by atoms with Gasteiger partial charge in [0.1, 0.15) is 5.75 Å². The molecular weight excluding hydrogens is 296 g/mol. The number of amides is 1. The van der Waals surface area contributed by atoms with Crippen molar-refractivity contribution in [2.75, 3.05) is 20.3 Å². The summed E-state index contributed by atoms with van der Waals surface area (Å²) in [5, 5.41) is 13.8. The fraction of sp³-hybridized carbons (Fsp3) is 0.471. The number of fused-ring (bicyclic) bond motifs is 1. The van der Waals surface area contributed by atoms with E-state index in [1.165, 1.54) is 0 Å². The van der Waals surface area contributed by atoms with Crippen LogP contribution in [0.15, 0.2) is 18.2 Å².